The quantitative estimate of drug-likeness (QED) is 0.229. The molecule has 0 aromatic heterocycles. The Labute approximate surface area is 225 Å². The first-order valence-corrected chi connectivity index (χ1v) is 13.2. The maximum atomic E-state index is 13.5. The molecule has 4 nitrogen and oxygen atoms in total. The fourth-order valence-electron chi connectivity index (χ4n) is 4.78. The first kappa shape index (κ1) is 25.4. The number of rotatable bonds is 10. The van der Waals surface area contributed by atoms with E-state index in [2.05, 4.69) is 70.2 Å². The van der Waals surface area contributed by atoms with Gasteiger partial charge in [0.15, 0.2) is 0 Å². The number of hydrogen-bond donors (Lipinski definition) is 2. The van der Waals surface area contributed by atoms with Gasteiger partial charge >= 0.3 is 0 Å². The zero-order chi connectivity index (χ0) is 26.2. The minimum absolute atomic E-state index is 0.00143. The van der Waals surface area contributed by atoms with Gasteiger partial charge in [-0.2, -0.15) is 0 Å². The minimum atomic E-state index is -0.360. The second kappa shape index (κ2) is 12.3. The zero-order valence-corrected chi connectivity index (χ0v) is 21.6. The van der Waals surface area contributed by atoms with Crippen LogP contribution in [-0.2, 0) is 11.3 Å². The summed E-state index contributed by atoms with van der Waals surface area (Å²) < 4.78 is 0. The van der Waals surface area contributed by atoms with E-state index in [0.717, 1.165) is 22.4 Å². The molecule has 3 unspecified atom stereocenters. The van der Waals surface area contributed by atoms with Crippen LogP contribution in [0.3, 0.4) is 0 Å². The molecule has 0 radical (unpaired) electrons. The predicted molar refractivity (Wildman–Crippen MR) is 157 cm³/mol. The lowest BCUT2D eigenvalue weighted by atomic mass is 9.93. The summed E-state index contributed by atoms with van der Waals surface area (Å²) in [6.45, 7) is 2.63. The lowest BCUT2D eigenvalue weighted by molar-refractivity contribution is -0.124. The molecule has 4 heteroatoms. The summed E-state index contributed by atoms with van der Waals surface area (Å²) in [5, 5.41) is 6.75. The van der Waals surface area contributed by atoms with Crippen LogP contribution in [0, 0.1) is 0 Å². The molecule has 5 rings (SSSR count). The molecular weight excluding hydrogens is 466 g/mol. The number of nitrogens with zero attached hydrogens (tertiary/aromatic N) is 1. The van der Waals surface area contributed by atoms with E-state index in [1.165, 1.54) is 11.1 Å². The number of para-hydroxylation sites is 1. The third-order valence-corrected chi connectivity index (χ3v) is 6.99. The summed E-state index contributed by atoms with van der Waals surface area (Å²) >= 11 is 0. The van der Waals surface area contributed by atoms with Crippen molar-refractivity contribution in [3.8, 4) is 0 Å². The number of carbonyl (C=O) groups excluding carboxylic acids is 1. The van der Waals surface area contributed by atoms with E-state index < -0.39 is 0 Å². The van der Waals surface area contributed by atoms with Crippen LogP contribution in [0.2, 0.25) is 0 Å². The highest BCUT2D eigenvalue weighted by Crippen LogP contribution is 2.34. The molecule has 3 atom stereocenters. The molecule has 1 aliphatic heterocycles. The molecular formula is C34H33N3O. The molecule has 1 amide bonds. The molecule has 0 aliphatic carbocycles. The number of carbonyl (C=O) groups is 1. The first-order chi connectivity index (χ1) is 18.7. The van der Waals surface area contributed by atoms with Crippen LogP contribution < -0.4 is 10.6 Å². The summed E-state index contributed by atoms with van der Waals surface area (Å²) in [5.41, 5.74) is 6.71. The van der Waals surface area contributed by atoms with E-state index in [-0.39, 0.29) is 23.9 Å². The van der Waals surface area contributed by atoms with Gasteiger partial charge in [0.25, 0.3) is 0 Å². The van der Waals surface area contributed by atoms with Gasteiger partial charge in [-0.15, -0.1) is 0 Å². The summed E-state index contributed by atoms with van der Waals surface area (Å²) in [7, 11) is 0. The van der Waals surface area contributed by atoms with Crippen molar-refractivity contribution in [3.05, 3.63) is 137 Å². The molecule has 38 heavy (non-hydrogen) atoms. The molecule has 190 valence electrons. The molecule has 0 saturated heterocycles. The van der Waals surface area contributed by atoms with E-state index in [9.17, 15) is 4.79 Å². The summed E-state index contributed by atoms with van der Waals surface area (Å²) in [5.74, 6) is 0.105. The number of amides is 1. The van der Waals surface area contributed by atoms with Crippen LogP contribution in [0.25, 0.3) is 12.2 Å². The van der Waals surface area contributed by atoms with Crippen LogP contribution in [0.5, 0.6) is 0 Å². The molecule has 1 heterocycles. The third-order valence-electron chi connectivity index (χ3n) is 6.99. The highest BCUT2D eigenvalue weighted by atomic mass is 16.2. The van der Waals surface area contributed by atoms with Gasteiger partial charge in [0.2, 0.25) is 5.91 Å². The lowest BCUT2D eigenvalue weighted by Crippen LogP contribution is -2.45. The Morgan fingerprint density at radius 3 is 2.18 bits per heavy atom. The van der Waals surface area contributed by atoms with Crippen molar-refractivity contribution >= 4 is 30.0 Å². The second-order valence-electron chi connectivity index (χ2n) is 9.74. The Hall–Kier alpha value is -4.28. The summed E-state index contributed by atoms with van der Waals surface area (Å²) in [6, 6.07) is 36.5. The van der Waals surface area contributed by atoms with Crippen molar-refractivity contribution in [2.24, 2.45) is 4.99 Å². The Morgan fingerprint density at radius 2 is 1.45 bits per heavy atom. The van der Waals surface area contributed by atoms with Gasteiger partial charge in [0, 0.05) is 18.7 Å². The lowest BCUT2D eigenvalue weighted by Gasteiger charge is -2.24. The normalized spacial score (nSPS) is 15.8. The van der Waals surface area contributed by atoms with Gasteiger partial charge in [-0.1, -0.05) is 115 Å². The summed E-state index contributed by atoms with van der Waals surface area (Å²) in [4.78, 5) is 18.1. The Balaban J connectivity index is 1.26. The number of hydrogen-bond acceptors (Lipinski definition) is 3. The largest absolute Gasteiger partial charge is 0.348 e. The third kappa shape index (κ3) is 6.53. The van der Waals surface area contributed by atoms with E-state index in [1.807, 2.05) is 79.9 Å². The van der Waals surface area contributed by atoms with Crippen molar-refractivity contribution < 1.29 is 4.79 Å². The van der Waals surface area contributed by atoms with Crippen LogP contribution in [0.1, 0.15) is 53.1 Å². The van der Waals surface area contributed by atoms with Gasteiger partial charge in [0.05, 0.1) is 17.8 Å². The average molecular weight is 500 g/mol. The highest BCUT2D eigenvalue weighted by molar-refractivity contribution is 5.85. The molecule has 2 N–H and O–H groups in total. The van der Waals surface area contributed by atoms with Crippen LogP contribution >= 0.6 is 0 Å². The number of benzene rings is 4. The SMILES string of the molecule is CC(NC(=O)C(CC1C=Nc2ccccc21)NCc1ccc(/C=C/c2ccccc2)cc1)c1ccccc1. The minimum Gasteiger partial charge on any atom is -0.348 e. The smallest absolute Gasteiger partial charge is 0.237 e. The molecule has 1 aliphatic rings. The predicted octanol–water partition coefficient (Wildman–Crippen LogP) is 7.08. The van der Waals surface area contributed by atoms with Gasteiger partial charge in [-0.25, -0.2) is 0 Å². The monoisotopic (exact) mass is 499 g/mol. The van der Waals surface area contributed by atoms with Crippen LogP contribution in [-0.4, -0.2) is 18.2 Å². The van der Waals surface area contributed by atoms with Gasteiger partial charge in [-0.3, -0.25) is 9.79 Å². The Morgan fingerprint density at radius 1 is 0.816 bits per heavy atom. The second-order valence-corrected chi connectivity index (χ2v) is 9.74. The maximum Gasteiger partial charge on any atom is 0.237 e. The molecule has 0 spiro atoms. The van der Waals surface area contributed by atoms with Crippen molar-refractivity contribution in [1.82, 2.24) is 10.6 Å². The van der Waals surface area contributed by atoms with Crippen LogP contribution in [0.4, 0.5) is 5.69 Å². The van der Waals surface area contributed by atoms with Gasteiger partial charge in [0.1, 0.15) is 0 Å². The van der Waals surface area contributed by atoms with Crippen molar-refractivity contribution in [2.45, 2.75) is 37.9 Å². The number of fused-ring (bicyclic) bond motifs is 1. The molecule has 0 saturated carbocycles. The molecule has 0 fully saturated rings. The number of aliphatic imine (C=N–C) groups is 1. The zero-order valence-electron chi connectivity index (χ0n) is 21.6. The van der Waals surface area contributed by atoms with E-state index in [1.54, 1.807) is 0 Å². The summed E-state index contributed by atoms with van der Waals surface area (Å²) in [6.07, 6.45) is 6.85. The van der Waals surface area contributed by atoms with Gasteiger partial charge in [-0.05, 0) is 47.2 Å². The van der Waals surface area contributed by atoms with Gasteiger partial charge < -0.3 is 10.6 Å². The van der Waals surface area contributed by atoms with Crippen molar-refractivity contribution in [2.75, 3.05) is 0 Å². The average Bonchev–Trinajstić information content (AvgIpc) is 3.38. The number of nitrogens with one attached hydrogen (secondary N) is 2. The molecule has 0 bridgehead atoms. The van der Waals surface area contributed by atoms with Crippen molar-refractivity contribution in [3.63, 3.8) is 0 Å². The Kier molecular flexibility index (Phi) is 8.22. The van der Waals surface area contributed by atoms with Crippen LogP contribution in [0.15, 0.2) is 114 Å². The topological polar surface area (TPSA) is 53.5 Å². The van der Waals surface area contributed by atoms with E-state index >= 15 is 0 Å². The van der Waals surface area contributed by atoms with E-state index in [0.29, 0.717) is 13.0 Å². The fourth-order valence-corrected chi connectivity index (χ4v) is 4.78. The van der Waals surface area contributed by atoms with Crippen molar-refractivity contribution in [1.29, 1.82) is 0 Å². The first-order valence-electron chi connectivity index (χ1n) is 13.2. The Bertz CT molecular complexity index is 1390. The maximum absolute atomic E-state index is 13.5. The fraction of sp³-hybridized carbons (Fsp3) is 0.176. The highest BCUT2D eigenvalue weighted by Gasteiger charge is 2.27. The van der Waals surface area contributed by atoms with E-state index in [4.69, 9.17) is 0 Å². The standard InChI is InChI=1S/C34H33N3O/c1-25(29-12-6-3-7-13-29)37-34(38)33(22-30-24-36-32-15-9-8-14-31(30)32)35-23-28-20-18-27(19-21-28)17-16-26-10-4-2-5-11-26/h2-21,24-25,30,33,35H,22-23H2,1H3,(H,37,38)/b17-16+. The molecule has 4 aromatic rings. The molecule has 4 aromatic carbocycles.